The number of furan rings is 1. The number of carbonyl (C=O) groups is 1. The van der Waals surface area contributed by atoms with Crippen molar-refractivity contribution in [1.29, 1.82) is 0 Å². The number of alkyl halides is 2. The Morgan fingerprint density at radius 3 is 2.57 bits per heavy atom. The summed E-state index contributed by atoms with van der Waals surface area (Å²) in [5.74, 6) is -3.83. The number of hydrogen-bond donors (Lipinski definition) is 0. The monoisotopic (exact) mass is 293 g/mol. The molecule has 1 aromatic heterocycles. The van der Waals surface area contributed by atoms with E-state index in [0.29, 0.717) is 5.75 Å². The van der Waals surface area contributed by atoms with Crippen LogP contribution in [-0.2, 0) is 11.3 Å². The molecule has 2 aromatic rings. The lowest BCUT2D eigenvalue weighted by atomic mass is 9.93. The molecule has 1 fully saturated rings. The number of likely N-dealkylation sites (tertiary alicyclic amines) is 1. The van der Waals surface area contributed by atoms with Crippen LogP contribution in [-0.4, -0.2) is 23.8 Å². The fourth-order valence-electron chi connectivity index (χ4n) is 2.43. The molecular formula is C15H13F2NO3. The van der Waals surface area contributed by atoms with Crippen LogP contribution in [0.1, 0.15) is 17.4 Å². The van der Waals surface area contributed by atoms with Crippen LogP contribution in [0, 0.1) is 0 Å². The van der Waals surface area contributed by atoms with Crippen molar-refractivity contribution in [3.05, 3.63) is 54.0 Å². The molecule has 110 valence electrons. The summed E-state index contributed by atoms with van der Waals surface area (Å²) in [6.45, 7) is 0.101. The molecule has 0 unspecified atom stereocenters. The van der Waals surface area contributed by atoms with Crippen molar-refractivity contribution >= 4 is 5.91 Å². The number of rotatable bonds is 4. The Kier molecular flexibility index (Phi) is 3.16. The topological polar surface area (TPSA) is 42.7 Å². The first-order valence-corrected chi connectivity index (χ1v) is 6.39. The normalized spacial score (nSPS) is 20.2. The zero-order chi connectivity index (χ0) is 15.0. The molecule has 0 N–H and O–H groups in total. The lowest BCUT2D eigenvalue weighted by molar-refractivity contribution is -0.210. The average Bonchev–Trinajstić information content (AvgIpc) is 3.00. The Hall–Kier alpha value is -2.37. The van der Waals surface area contributed by atoms with E-state index in [1.54, 1.807) is 31.4 Å². The lowest BCUT2D eigenvalue weighted by Gasteiger charge is -2.45. The molecular weight excluding hydrogens is 280 g/mol. The summed E-state index contributed by atoms with van der Waals surface area (Å²) < 4.78 is 37.6. The summed E-state index contributed by atoms with van der Waals surface area (Å²) in [6.07, 6.45) is 1.32. The summed E-state index contributed by atoms with van der Waals surface area (Å²) in [5.41, 5.74) is 0.746. The third kappa shape index (κ3) is 2.16. The first-order valence-electron chi connectivity index (χ1n) is 6.39. The minimum absolute atomic E-state index is 0.0908. The number of amides is 1. The highest BCUT2D eigenvalue weighted by Gasteiger charge is 2.65. The Bertz CT molecular complexity index is 637. The van der Waals surface area contributed by atoms with Gasteiger partial charge in [-0.2, -0.15) is 8.78 Å². The van der Waals surface area contributed by atoms with Crippen molar-refractivity contribution in [2.45, 2.75) is 18.5 Å². The number of β-lactam (4-membered cyclic amide) rings is 1. The summed E-state index contributed by atoms with van der Waals surface area (Å²) in [4.78, 5) is 12.7. The van der Waals surface area contributed by atoms with Gasteiger partial charge in [0.25, 0.3) is 5.91 Å². The van der Waals surface area contributed by atoms with E-state index in [1.807, 2.05) is 0 Å². The highest BCUT2D eigenvalue weighted by atomic mass is 19.3. The van der Waals surface area contributed by atoms with Crippen molar-refractivity contribution in [2.75, 3.05) is 7.11 Å². The molecule has 0 spiro atoms. The van der Waals surface area contributed by atoms with Gasteiger partial charge in [-0.05, 0) is 29.8 Å². The minimum atomic E-state index is -3.41. The van der Waals surface area contributed by atoms with Gasteiger partial charge in [0.05, 0.1) is 13.4 Å². The van der Waals surface area contributed by atoms with Crippen molar-refractivity contribution in [3.63, 3.8) is 0 Å². The van der Waals surface area contributed by atoms with Gasteiger partial charge in [-0.25, -0.2) is 0 Å². The average molecular weight is 293 g/mol. The Labute approximate surface area is 119 Å². The quantitative estimate of drug-likeness (QED) is 0.814. The van der Waals surface area contributed by atoms with Gasteiger partial charge in [0.15, 0.2) is 6.04 Å². The number of methoxy groups -OCH3 is 1. The van der Waals surface area contributed by atoms with Gasteiger partial charge in [0.2, 0.25) is 0 Å². The first kappa shape index (κ1) is 13.6. The first-order chi connectivity index (χ1) is 10.0. The molecule has 6 heteroatoms. The maximum atomic E-state index is 13.8. The van der Waals surface area contributed by atoms with Crippen molar-refractivity contribution < 1.29 is 22.7 Å². The van der Waals surface area contributed by atoms with Crippen molar-refractivity contribution in [1.82, 2.24) is 4.90 Å². The molecule has 0 radical (unpaired) electrons. The predicted octanol–water partition coefficient (Wildman–Crippen LogP) is 3.01. The molecule has 3 rings (SSSR count). The maximum Gasteiger partial charge on any atom is 0.351 e. The van der Waals surface area contributed by atoms with Crippen LogP contribution in [0.25, 0.3) is 0 Å². The maximum absolute atomic E-state index is 13.8. The van der Waals surface area contributed by atoms with Crippen LogP contribution in [0.5, 0.6) is 5.75 Å². The van der Waals surface area contributed by atoms with Gasteiger partial charge in [0, 0.05) is 6.54 Å². The van der Waals surface area contributed by atoms with Crippen LogP contribution in [0.4, 0.5) is 8.78 Å². The van der Waals surface area contributed by atoms with E-state index in [0.717, 1.165) is 10.5 Å². The predicted molar refractivity (Wildman–Crippen MR) is 69.9 cm³/mol. The smallest absolute Gasteiger partial charge is 0.351 e. The Balaban J connectivity index is 1.82. The zero-order valence-electron chi connectivity index (χ0n) is 11.3. The standard InChI is InChI=1S/C15H13F2NO3/c1-20-11-6-4-10(5-7-11)9-18-13(12-3-2-8-21-12)15(16,17)14(18)19/h2-8,13H,9H2,1H3/t13-/m0/s1. The molecule has 0 aliphatic carbocycles. The molecule has 2 heterocycles. The van der Waals surface area contributed by atoms with Crippen molar-refractivity contribution in [2.24, 2.45) is 0 Å². The van der Waals surface area contributed by atoms with Gasteiger partial charge in [-0.15, -0.1) is 0 Å². The zero-order valence-corrected chi connectivity index (χ0v) is 11.3. The molecule has 1 amide bonds. The van der Waals surface area contributed by atoms with Crippen LogP contribution in [0.2, 0.25) is 0 Å². The number of benzene rings is 1. The van der Waals surface area contributed by atoms with E-state index in [9.17, 15) is 13.6 Å². The largest absolute Gasteiger partial charge is 0.497 e. The van der Waals surface area contributed by atoms with Crippen molar-refractivity contribution in [3.8, 4) is 5.75 Å². The van der Waals surface area contributed by atoms with Gasteiger partial charge in [-0.3, -0.25) is 4.79 Å². The van der Waals surface area contributed by atoms with E-state index < -0.39 is 17.9 Å². The van der Waals surface area contributed by atoms with Gasteiger partial charge >= 0.3 is 5.92 Å². The molecule has 0 bridgehead atoms. The van der Waals surface area contributed by atoms with E-state index in [-0.39, 0.29) is 12.3 Å². The summed E-state index contributed by atoms with van der Waals surface area (Å²) in [6, 6.07) is 8.55. The summed E-state index contributed by atoms with van der Waals surface area (Å²) >= 11 is 0. The van der Waals surface area contributed by atoms with Crippen LogP contribution >= 0.6 is 0 Å². The number of ether oxygens (including phenoxy) is 1. The van der Waals surface area contributed by atoms with Gasteiger partial charge in [0.1, 0.15) is 11.5 Å². The number of nitrogens with zero attached hydrogens (tertiary/aromatic N) is 1. The number of halogens is 2. The Morgan fingerprint density at radius 1 is 1.29 bits per heavy atom. The SMILES string of the molecule is COc1ccc(CN2C(=O)C(F)(F)[C@@H]2c2ccco2)cc1. The van der Waals surface area contributed by atoms with E-state index in [1.165, 1.54) is 18.4 Å². The molecule has 4 nitrogen and oxygen atoms in total. The van der Waals surface area contributed by atoms with E-state index in [4.69, 9.17) is 9.15 Å². The molecule has 1 aliphatic heterocycles. The third-order valence-corrected chi connectivity index (χ3v) is 3.53. The highest BCUT2D eigenvalue weighted by molar-refractivity contribution is 5.91. The molecule has 1 saturated heterocycles. The highest BCUT2D eigenvalue weighted by Crippen LogP contribution is 2.48. The number of hydrogen-bond acceptors (Lipinski definition) is 3. The second-order valence-corrected chi connectivity index (χ2v) is 4.82. The third-order valence-electron chi connectivity index (χ3n) is 3.53. The van der Waals surface area contributed by atoms with Gasteiger partial charge < -0.3 is 14.1 Å². The summed E-state index contributed by atoms with van der Waals surface area (Å²) in [7, 11) is 1.54. The molecule has 21 heavy (non-hydrogen) atoms. The van der Waals surface area contributed by atoms with Crippen LogP contribution < -0.4 is 4.74 Å². The van der Waals surface area contributed by atoms with E-state index >= 15 is 0 Å². The van der Waals surface area contributed by atoms with Gasteiger partial charge in [-0.1, -0.05) is 12.1 Å². The number of carbonyl (C=O) groups excluding carboxylic acids is 1. The van der Waals surface area contributed by atoms with Crippen LogP contribution in [0.3, 0.4) is 0 Å². The Morgan fingerprint density at radius 2 is 2.00 bits per heavy atom. The fraction of sp³-hybridized carbons (Fsp3) is 0.267. The fourth-order valence-corrected chi connectivity index (χ4v) is 2.43. The summed E-state index contributed by atoms with van der Waals surface area (Å²) in [5, 5.41) is 0. The molecule has 1 aromatic carbocycles. The second kappa shape index (κ2) is 4.87. The molecule has 0 saturated carbocycles. The molecule has 1 aliphatic rings. The second-order valence-electron chi connectivity index (χ2n) is 4.82. The lowest BCUT2D eigenvalue weighted by Crippen LogP contribution is -2.63. The minimum Gasteiger partial charge on any atom is -0.497 e. The van der Waals surface area contributed by atoms with Crippen LogP contribution in [0.15, 0.2) is 47.1 Å². The van der Waals surface area contributed by atoms with E-state index in [2.05, 4.69) is 0 Å². The molecule has 1 atom stereocenters.